The van der Waals surface area contributed by atoms with Crippen molar-refractivity contribution in [1.29, 1.82) is 0 Å². The molecule has 1 aromatic heterocycles. The van der Waals surface area contributed by atoms with Gasteiger partial charge in [-0.25, -0.2) is 4.39 Å². The topological polar surface area (TPSA) is 63.6 Å². The van der Waals surface area contributed by atoms with Crippen molar-refractivity contribution in [2.45, 2.75) is 19.1 Å². The smallest absolute Gasteiger partial charge is 0.250 e. The lowest BCUT2D eigenvalue weighted by Crippen LogP contribution is -2.30. The van der Waals surface area contributed by atoms with E-state index in [4.69, 9.17) is 4.74 Å². The largest absolute Gasteiger partial charge is 0.344 e. The molecule has 8 heteroatoms. The van der Waals surface area contributed by atoms with E-state index >= 15 is 0 Å². The van der Waals surface area contributed by atoms with E-state index in [2.05, 4.69) is 21.2 Å². The van der Waals surface area contributed by atoms with E-state index in [9.17, 15) is 14.0 Å². The van der Waals surface area contributed by atoms with E-state index in [1.807, 2.05) is 59.4 Å². The van der Waals surface area contributed by atoms with Crippen molar-refractivity contribution in [3.63, 3.8) is 0 Å². The molecule has 2 aliphatic heterocycles. The Kier molecular flexibility index (Phi) is 6.14. The van der Waals surface area contributed by atoms with E-state index in [1.54, 1.807) is 17.0 Å². The first-order chi connectivity index (χ1) is 17.9. The second-order valence-electron chi connectivity index (χ2n) is 9.23. The van der Waals surface area contributed by atoms with Crippen molar-refractivity contribution < 1.29 is 18.7 Å². The Morgan fingerprint density at radius 2 is 1.78 bits per heavy atom. The highest BCUT2D eigenvalue weighted by molar-refractivity contribution is 9.10. The Hall–Kier alpha value is -3.75. The van der Waals surface area contributed by atoms with Crippen molar-refractivity contribution in [2.24, 2.45) is 0 Å². The zero-order chi connectivity index (χ0) is 25.5. The van der Waals surface area contributed by atoms with Gasteiger partial charge in [0.05, 0.1) is 6.42 Å². The molecule has 0 bridgehead atoms. The summed E-state index contributed by atoms with van der Waals surface area (Å²) in [5, 5.41) is 2.85. The predicted octanol–water partition coefficient (Wildman–Crippen LogP) is 5.64. The fourth-order valence-corrected chi connectivity index (χ4v) is 5.21. The third-order valence-corrected chi connectivity index (χ3v) is 7.34. The minimum atomic E-state index is -0.568. The number of anilines is 1. The Bertz CT molecular complexity index is 1500. The lowest BCUT2D eigenvalue weighted by atomic mass is 10.0. The summed E-state index contributed by atoms with van der Waals surface area (Å²) in [5.41, 5.74) is 6.39. The molecule has 0 spiro atoms. The van der Waals surface area contributed by atoms with Crippen LogP contribution in [-0.2, 0) is 27.2 Å². The Morgan fingerprint density at radius 1 is 1.00 bits per heavy atom. The third-order valence-electron chi connectivity index (χ3n) is 6.81. The number of nitrogens with one attached hydrogen (secondary N) is 1. The van der Waals surface area contributed by atoms with Gasteiger partial charge in [-0.15, -0.1) is 0 Å². The molecule has 6 rings (SSSR count). The van der Waals surface area contributed by atoms with E-state index in [-0.39, 0.29) is 24.2 Å². The van der Waals surface area contributed by atoms with Gasteiger partial charge in [-0.1, -0.05) is 40.2 Å². The number of fused-ring (bicyclic) bond motifs is 1. The van der Waals surface area contributed by atoms with Crippen LogP contribution in [0.15, 0.2) is 83.6 Å². The first-order valence-corrected chi connectivity index (χ1v) is 12.8. The quantitative estimate of drug-likeness (QED) is 0.332. The van der Waals surface area contributed by atoms with E-state index in [1.165, 1.54) is 12.1 Å². The molecule has 0 unspecified atom stereocenters. The first-order valence-electron chi connectivity index (χ1n) is 12.0. The molecule has 1 saturated heterocycles. The lowest BCUT2D eigenvalue weighted by Gasteiger charge is -2.24. The van der Waals surface area contributed by atoms with Gasteiger partial charge in [0, 0.05) is 45.9 Å². The molecule has 37 heavy (non-hydrogen) atoms. The number of rotatable bonds is 6. The summed E-state index contributed by atoms with van der Waals surface area (Å²) in [7, 11) is 0. The van der Waals surface area contributed by atoms with Gasteiger partial charge in [-0.3, -0.25) is 9.59 Å². The average Bonchev–Trinajstić information content (AvgIpc) is 3.59. The first kappa shape index (κ1) is 23.6. The summed E-state index contributed by atoms with van der Waals surface area (Å²) in [6.45, 7) is 0.468. The van der Waals surface area contributed by atoms with Crippen LogP contribution >= 0.6 is 15.9 Å². The van der Waals surface area contributed by atoms with Crippen LogP contribution in [0.2, 0.25) is 0 Å². The normalized spacial score (nSPS) is 16.8. The van der Waals surface area contributed by atoms with Gasteiger partial charge in [0.15, 0.2) is 6.23 Å². The number of aromatic nitrogens is 1. The van der Waals surface area contributed by atoms with Gasteiger partial charge in [0.25, 0.3) is 5.91 Å². The van der Waals surface area contributed by atoms with Crippen LogP contribution in [0.1, 0.15) is 22.9 Å². The number of nitrogens with zero attached hydrogens (tertiary/aromatic N) is 2. The molecule has 186 valence electrons. The second kappa shape index (κ2) is 9.61. The van der Waals surface area contributed by atoms with Crippen LogP contribution in [0.4, 0.5) is 10.1 Å². The lowest BCUT2D eigenvalue weighted by molar-refractivity contribution is -0.128. The van der Waals surface area contributed by atoms with Gasteiger partial charge in [0.2, 0.25) is 5.91 Å². The molecule has 3 aromatic carbocycles. The maximum absolute atomic E-state index is 13.7. The van der Waals surface area contributed by atoms with E-state index in [0.29, 0.717) is 19.4 Å². The van der Waals surface area contributed by atoms with Crippen molar-refractivity contribution in [2.75, 3.05) is 18.5 Å². The fourth-order valence-electron chi connectivity index (χ4n) is 4.94. The zero-order valence-corrected chi connectivity index (χ0v) is 21.4. The molecule has 0 aliphatic carbocycles. The molecule has 4 aromatic rings. The monoisotopic (exact) mass is 559 g/mol. The molecule has 3 heterocycles. The average molecular weight is 560 g/mol. The molecular formula is C29H23BrFN3O3. The third kappa shape index (κ3) is 4.70. The minimum absolute atomic E-state index is 0.000399. The van der Waals surface area contributed by atoms with Gasteiger partial charge < -0.3 is 19.5 Å². The van der Waals surface area contributed by atoms with Crippen molar-refractivity contribution >= 4 is 33.4 Å². The standard InChI is InChI=1S/C29H23BrFN3O3/c30-21-4-8-23(9-5-21)33-15-24(19-2-6-22(31)7-3-19)25(16-33)29-34(28(36)17-37-29)12-11-18-1-10-26-20(13-18)14-27(35)32-26/h1-10,13,15-16,29H,11-12,14,17H2,(H,32,35)/t29-/m0/s1. The number of ether oxygens (including phenoxy) is 1. The molecule has 2 amide bonds. The Balaban J connectivity index is 1.32. The van der Waals surface area contributed by atoms with Gasteiger partial charge in [0.1, 0.15) is 12.4 Å². The molecular weight excluding hydrogens is 537 g/mol. The van der Waals surface area contributed by atoms with Gasteiger partial charge >= 0.3 is 0 Å². The predicted molar refractivity (Wildman–Crippen MR) is 142 cm³/mol. The highest BCUT2D eigenvalue weighted by Crippen LogP contribution is 2.37. The van der Waals surface area contributed by atoms with Crippen molar-refractivity contribution in [1.82, 2.24) is 9.47 Å². The van der Waals surface area contributed by atoms with Gasteiger partial charge in [-0.05, 0) is 65.6 Å². The number of carbonyl (C=O) groups is 2. The summed E-state index contributed by atoms with van der Waals surface area (Å²) in [6, 6.07) is 20.2. The summed E-state index contributed by atoms with van der Waals surface area (Å²) < 4.78 is 22.7. The van der Waals surface area contributed by atoms with Crippen LogP contribution in [0.3, 0.4) is 0 Å². The van der Waals surface area contributed by atoms with Crippen LogP contribution < -0.4 is 5.32 Å². The van der Waals surface area contributed by atoms with Crippen LogP contribution in [0, 0.1) is 5.82 Å². The summed E-state index contributed by atoms with van der Waals surface area (Å²) in [6.07, 6.45) is 4.40. The molecule has 1 N–H and O–H groups in total. The maximum Gasteiger partial charge on any atom is 0.250 e. The van der Waals surface area contributed by atoms with Crippen LogP contribution in [-0.4, -0.2) is 34.4 Å². The Morgan fingerprint density at radius 3 is 2.57 bits per heavy atom. The van der Waals surface area contributed by atoms with Crippen molar-refractivity contribution in [3.05, 3.63) is 106 Å². The van der Waals surface area contributed by atoms with Crippen molar-refractivity contribution in [3.8, 4) is 16.8 Å². The van der Waals surface area contributed by atoms with E-state index < -0.39 is 6.23 Å². The molecule has 6 nitrogen and oxygen atoms in total. The Labute approximate surface area is 221 Å². The molecule has 2 aliphatic rings. The minimum Gasteiger partial charge on any atom is -0.344 e. The van der Waals surface area contributed by atoms with E-state index in [0.717, 1.165) is 43.7 Å². The SMILES string of the molecule is O=C1Cc2cc(CCN3C(=O)CO[C@H]3c3cn(-c4ccc(Br)cc4)cc3-c3ccc(F)cc3)ccc2N1. The highest BCUT2D eigenvalue weighted by atomic mass is 79.9. The second-order valence-corrected chi connectivity index (χ2v) is 10.2. The zero-order valence-electron chi connectivity index (χ0n) is 19.8. The van der Waals surface area contributed by atoms with Crippen LogP contribution in [0.25, 0.3) is 16.8 Å². The molecule has 0 saturated carbocycles. The number of hydrogen-bond donors (Lipinski definition) is 1. The molecule has 0 radical (unpaired) electrons. The molecule has 1 fully saturated rings. The number of hydrogen-bond acceptors (Lipinski definition) is 3. The summed E-state index contributed by atoms with van der Waals surface area (Å²) >= 11 is 3.48. The number of benzene rings is 3. The fraction of sp³-hybridized carbons (Fsp3) is 0.172. The van der Waals surface area contributed by atoms with Gasteiger partial charge in [-0.2, -0.15) is 0 Å². The molecule has 1 atom stereocenters. The number of amides is 2. The number of halogens is 2. The summed E-state index contributed by atoms with van der Waals surface area (Å²) in [4.78, 5) is 26.4. The number of carbonyl (C=O) groups excluding carboxylic acids is 2. The maximum atomic E-state index is 13.7. The van der Waals surface area contributed by atoms with Crippen LogP contribution in [0.5, 0.6) is 0 Å². The summed E-state index contributed by atoms with van der Waals surface area (Å²) in [5.74, 6) is -0.388. The highest BCUT2D eigenvalue weighted by Gasteiger charge is 2.35.